The van der Waals surface area contributed by atoms with Crippen LogP contribution in [0.2, 0.25) is 0 Å². The quantitative estimate of drug-likeness (QED) is 0.468. The first-order valence-corrected chi connectivity index (χ1v) is 5.73. The lowest BCUT2D eigenvalue weighted by atomic mass is 10.0. The molecule has 1 heterocycles. The number of methoxy groups -OCH3 is 1. The molecule has 0 fully saturated rings. The predicted octanol–water partition coefficient (Wildman–Crippen LogP) is 1.71. The Hall–Kier alpha value is -2.10. The molecule has 1 atom stereocenters. The summed E-state index contributed by atoms with van der Waals surface area (Å²) < 4.78 is 6.61. The van der Waals surface area contributed by atoms with Crippen molar-refractivity contribution in [3.05, 3.63) is 36.0 Å². The van der Waals surface area contributed by atoms with Crippen LogP contribution in [-0.4, -0.2) is 23.9 Å². The summed E-state index contributed by atoms with van der Waals surface area (Å²) in [5.41, 5.74) is 2.07. The van der Waals surface area contributed by atoms with Gasteiger partial charge < -0.3 is 14.1 Å². The van der Waals surface area contributed by atoms with Crippen LogP contribution >= 0.6 is 0 Å². The second-order valence-corrected chi connectivity index (χ2v) is 4.25. The number of aldehydes is 1. The largest absolute Gasteiger partial charge is 0.468 e. The van der Waals surface area contributed by atoms with Gasteiger partial charge in [-0.15, -0.1) is 0 Å². The predicted molar refractivity (Wildman–Crippen MR) is 68.2 cm³/mol. The normalized spacial score (nSPS) is 12.3. The van der Waals surface area contributed by atoms with Crippen molar-refractivity contribution >= 4 is 23.2 Å². The molecule has 0 saturated carbocycles. The molecule has 0 amide bonds. The molecule has 2 aromatic rings. The first kappa shape index (κ1) is 12.4. The Morgan fingerprint density at radius 3 is 2.83 bits per heavy atom. The van der Waals surface area contributed by atoms with E-state index in [-0.39, 0.29) is 0 Å². The zero-order chi connectivity index (χ0) is 13.1. The fourth-order valence-electron chi connectivity index (χ4n) is 2.16. The van der Waals surface area contributed by atoms with Gasteiger partial charge >= 0.3 is 5.97 Å². The number of aryl methyl sites for hydroxylation is 1. The van der Waals surface area contributed by atoms with Gasteiger partial charge in [-0.05, 0) is 18.1 Å². The van der Waals surface area contributed by atoms with Gasteiger partial charge in [-0.3, -0.25) is 4.79 Å². The number of aromatic nitrogens is 1. The molecular formula is C14H15NO3. The molecule has 94 valence electrons. The molecule has 0 aliphatic rings. The van der Waals surface area contributed by atoms with Gasteiger partial charge in [0.1, 0.15) is 12.2 Å². The Morgan fingerprint density at radius 1 is 1.44 bits per heavy atom. The minimum Gasteiger partial charge on any atom is -0.468 e. The number of benzene rings is 1. The maximum absolute atomic E-state index is 11.4. The standard InChI is InChI=1S/C14H15NO3/c1-15-8-10(7-11(9-16)14(17)18-2)12-5-3-4-6-13(12)15/h3-6,8-9,11H,7H2,1-2H3. The zero-order valence-electron chi connectivity index (χ0n) is 10.4. The van der Waals surface area contributed by atoms with Crippen molar-refractivity contribution in [3.63, 3.8) is 0 Å². The lowest BCUT2D eigenvalue weighted by Crippen LogP contribution is -2.19. The van der Waals surface area contributed by atoms with Crippen molar-refractivity contribution < 1.29 is 14.3 Å². The second kappa shape index (κ2) is 5.04. The molecule has 0 saturated heterocycles. The zero-order valence-corrected chi connectivity index (χ0v) is 10.4. The summed E-state index contributed by atoms with van der Waals surface area (Å²) in [5.74, 6) is -1.22. The molecule has 4 heteroatoms. The highest BCUT2D eigenvalue weighted by Gasteiger charge is 2.20. The maximum atomic E-state index is 11.4. The Morgan fingerprint density at radius 2 is 2.17 bits per heavy atom. The lowest BCUT2D eigenvalue weighted by Gasteiger charge is -2.06. The molecule has 0 aliphatic carbocycles. The van der Waals surface area contributed by atoms with Gasteiger partial charge in [-0.25, -0.2) is 0 Å². The summed E-state index contributed by atoms with van der Waals surface area (Å²) in [6, 6.07) is 7.90. The number of rotatable bonds is 4. The summed E-state index contributed by atoms with van der Waals surface area (Å²) in [6.45, 7) is 0. The molecule has 1 aromatic carbocycles. The Labute approximate surface area is 105 Å². The second-order valence-electron chi connectivity index (χ2n) is 4.25. The molecule has 0 aliphatic heterocycles. The summed E-state index contributed by atoms with van der Waals surface area (Å²) in [4.78, 5) is 22.4. The fourth-order valence-corrected chi connectivity index (χ4v) is 2.16. The van der Waals surface area contributed by atoms with E-state index < -0.39 is 11.9 Å². The third-order valence-corrected chi connectivity index (χ3v) is 3.09. The Balaban J connectivity index is 2.37. The van der Waals surface area contributed by atoms with E-state index in [1.165, 1.54) is 7.11 Å². The summed E-state index contributed by atoms with van der Waals surface area (Å²) >= 11 is 0. The highest BCUT2D eigenvalue weighted by Crippen LogP contribution is 2.22. The van der Waals surface area contributed by atoms with Crippen molar-refractivity contribution in [2.45, 2.75) is 6.42 Å². The van der Waals surface area contributed by atoms with E-state index >= 15 is 0 Å². The smallest absolute Gasteiger partial charge is 0.316 e. The molecular weight excluding hydrogens is 230 g/mol. The van der Waals surface area contributed by atoms with Crippen LogP contribution in [-0.2, 0) is 27.8 Å². The number of carbonyl (C=O) groups excluding carboxylic acids is 2. The average Bonchev–Trinajstić information content (AvgIpc) is 2.72. The van der Waals surface area contributed by atoms with Crippen LogP contribution in [0.5, 0.6) is 0 Å². The van der Waals surface area contributed by atoms with Crippen molar-refractivity contribution in [2.24, 2.45) is 13.0 Å². The number of fused-ring (bicyclic) bond motifs is 1. The van der Waals surface area contributed by atoms with Gasteiger partial charge in [0.25, 0.3) is 0 Å². The first-order valence-electron chi connectivity index (χ1n) is 5.73. The van der Waals surface area contributed by atoms with Crippen LogP contribution in [0.15, 0.2) is 30.5 Å². The lowest BCUT2D eigenvalue weighted by molar-refractivity contribution is -0.146. The molecule has 2 rings (SSSR count). The van der Waals surface area contributed by atoms with Crippen LogP contribution in [0.25, 0.3) is 10.9 Å². The van der Waals surface area contributed by atoms with Gasteiger partial charge in [0, 0.05) is 24.1 Å². The number of ether oxygens (including phenoxy) is 1. The van der Waals surface area contributed by atoms with Crippen molar-refractivity contribution in [1.82, 2.24) is 4.57 Å². The van der Waals surface area contributed by atoms with Crippen LogP contribution < -0.4 is 0 Å². The van der Waals surface area contributed by atoms with Gasteiger partial charge in [-0.2, -0.15) is 0 Å². The highest BCUT2D eigenvalue weighted by molar-refractivity contribution is 5.90. The number of para-hydroxylation sites is 1. The average molecular weight is 245 g/mol. The molecule has 1 aromatic heterocycles. The van der Waals surface area contributed by atoms with Crippen LogP contribution in [0.4, 0.5) is 0 Å². The Kier molecular flexibility index (Phi) is 3.46. The topological polar surface area (TPSA) is 48.3 Å². The monoisotopic (exact) mass is 245 g/mol. The van der Waals surface area contributed by atoms with Gasteiger partial charge in [0.2, 0.25) is 0 Å². The van der Waals surface area contributed by atoms with E-state index in [1.54, 1.807) is 0 Å². The van der Waals surface area contributed by atoms with Crippen LogP contribution in [0.1, 0.15) is 5.56 Å². The molecule has 4 nitrogen and oxygen atoms in total. The minimum atomic E-state index is -0.735. The van der Waals surface area contributed by atoms with E-state index in [2.05, 4.69) is 4.74 Å². The first-order chi connectivity index (χ1) is 8.67. The van der Waals surface area contributed by atoms with E-state index in [1.807, 2.05) is 42.1 Å². The van der Waals surface area contributed by atoms with Crippen LogP contribution in [0, 0.1) is 5.92 Å². The number of carbonyl (C=O) groups is 2. The number of hydrogen-bond acceptors (Lipinski definition) is 3. The Bertz CT molecular complexity index is 586. The molecule has 18 heavy (non-hydrogen) atoms. The van der Waals surface area contributed by atoms with Gasteiger partial charge in [-0.1, -0.05) is 18.2 Å². The summed E-state index contributed by atoms with van der Waals surface area (Å²) in [7, 11) is 3.24. The van der Waals surface area contributed by atoms with Gasteiger partial charge in [0.05, 0.1) is 7.11 Å². The third kappa shape index (κ3) is 2.14. The van der Waals surface area contributed by atoms with E-state index in [0.29, 0.717) is 12.7 Å². The molecule has 0 spiro atoms. The fraction of sp³-hybridized carbons (Fsp3) is 0.286. The molecule has 1 unspecified atom stereocenters. The van der Waals surface area contributed by atoms with Crippen molar-refractivity contribution in [2.75, 3.05) is 7.11 Å². The number of nitrogens with zero attached hydrogens (tertiary/aromatic N) is 1. The van der Waals surface area contributed by atoms with E-state index in [0.717, 1.165) is 16.5 Å². The summed E-state index contributed by atoms with van der Waals surface area (Å²) in [6.07, 6.45) is 2.97. The maximum Gasteiger partial charge on any atom is 0.316 e. The minimum absolute atomic E-state index is 0.373. The van der Waals surface area contributed by atoms with Crippen molar-refractivity contribution in [3.8, 4) is 0 Å². The molecule has 0 N–H and O–H groups in total. The highest BCUT2D eigenvalue weighted by atomic mass is 16.5. The summed E-state index contributed by atoms with van der Waals surface area (Å²) in [5, 5.41) is 1.07. The molecule has 0 radical (unpaired) electrons. The van der Waals surface area contributed by atoms with E-state index in [9.17, 15) is 9.59 Å². The SMILES string of the molecule is COC(=O)C(C=O)Cc1cn(C)c2ccccc12. The van der Waals surface area contributed by atoms with Crippen molar-refractivity contribution in [1.29, 1.82) is 0 Å². The van der Waals surface area contributed by atoms with E-state index in [4.69, 9.17) is 0 Å². The van der Waals surface area contributed by atoms with Gasteiger partial charge in [0.15, 0.2) is 0 Å². The third-order valence-electron chi connectivity index (χ3n) is 3.09. The molecule has 0 bridgehead atoms. The number of esters is 1. The van der Waals surface area contributed by atoms with Crippen LogP contribution in [0.3, 0.4) is 0 Å². The number of hydrogen-bond donors (Lipinski definition) is 0.